The van der Waals surface area contributed by atoms with Crippen molar-refractivity contribution < 1.29 is 9.59 Å². The third-order valence-electron chi connectivity index (χ3n) is 5.89. The molecule has 4 rings (SSSR count). The van der Waals surface area contributed by atoms with Crippen molar-refractivity contribution in [1.29, 1.82) is 0 Å². The Bertz CT molecular complexity index is 1080. The number of hydrogen-bond donors (Lipinski definition) is 3. The number of amides is 3. The van der Waals surface area contributed by atoms with Crippen molar-refractivity contribution >= 4 is 23.3 Å². The predicted molar refractivity (Wildman–Crippen MR) is 133 cm³/mol. The first-order valence-electron chi connectivity index (χ1n) is 11.4. The molecule has 1 aliphatic heterocycles. The number of urea groups is 1. The van der Waals surface area contributed by atoms with Gasteiger partial charge in [0.25, 0.3) is 5.91 Å². The second-order valence-corrected chi connectivity index (χ2v) is 8.33. The van der Waals surface area contributed by atoms with Crippen LogP contribution in [0.15, 0.2) is 78.9 Å². The summed E-state index contributed by atoms with van der Waals surface area (Å²) in [6.45, 7) is 4.26. The molecule has 1 unspecified atom stereocenters. The van der Waals surface area contributed by atoms with Crippen LogP contribution in [0, 0.1) is 0 Å². The van der Waals surface area contributed by atoms with Crippen LogP contribution in [0.4, 0.5) is 16.2 Å². The van der Waals surface area contributed by atoms with E-state index >= 15 is 0 Å². The van der Waals surface area contributed by atoms with E-state index in [0.717, 1.165) is 42.7 Å². The summed E-state index contributed by atoms with van der Waals surface area (Å²) in [6, 6.07) is 24.7. The van der Waals surface area contributed by atoms with Gasteiger partial charge < -0.3 is 20.9 Å². The monoisotopic (exact) mass is 442 g/mol. The number of benzene rings is 3. The first-order chi connectivity index (χ1) is 16.1. The normalized spacial score (nSPS) is 13.9. The highest BCUT2D eigenvalue weighted by Crippen LogP contribution is 2.28. The fraction of sp³-hybridized carbons (Fsp3) is 0.259. The standard InChI is InChI=1S/C27H30N4O2/c1-20(22-12-6-3-7-13-22)29-26(32)24-18-23(14-15-25(24)31-16-8-9-17-31)30-27(33)28-19-21-10-4-2-5-11-21/h2-7,10-15,18,20H,8-9,16-17,19H2,1H3,(H,29,32)(H2,28,30,33). The van der Waals surface area contributed by atoms with Gasteiger partial charge in [-0.05, 0) is 49.1 Å². The lowest BCUT2D eigenvalue weighted by atomic mass is 10.1. The Balaban J connectivity index is 1.49. The summed E-state index contributed by atoms with van der Waals surface area (Å²) in [7, 11) is 0. The molecule has 1 atom stereocenters. The topological polar surface area (TPSA) is 73.5 Å². The molecule has 3 N–H and O–H groups in total. The highest BCUT2D eigenvalue weighted by Gasteiger charge is 2.21. The summed E-state index contributed by atoms with van der Waals surface area (Å²) in [5.74, 6) is -0.151. The van der Waals surface area contributed by atoms with E-state index < -0.39 is 0 Å². The quantitative estimate of drug-likeness (QED) is 0.477. The van der Waals surface area contributed by atoms with Gasteiger partial charge in [-0.2, -0.15) is 0 Å². The maximum Gasteiger partial charge on any atom is 0.319 e. The van der Waals surface area contributed by atoms with E-state index in [2.05, 4.69) is 20.9 Å². The van der Waals surface area contributed by atoms with Crippen molar-refractivity contribution in [2.24, 2.45) is 0 Å². The van der Waals surface area contributed by atoms with Gasteiger partial charge in [0, 0.05) is 31.0 Å². The molecule has 6 nitrogen and oxygen atoms in total. The molecule has 0 aromatic heterocycles. The van der Waals surface area contributed by atoms with E-state index in [1.807, 2.05) is 79.7 Å². The lowest BCUT2D eigenvalue weighted by Gasteiger charge is -2.23. The Morgan fingerprint density at radius 1 is 0.909 bits per heavy atom. The number of carbonyl (C=O) groups excluding carboxylic acids is 2. The maximum absolute atomic E-state index is 13.3. The Kier molecular flexibility index (Phi) is 7.25. The molecule has 0 aliphatic carbocycles. The average Bonchev–Trinajstić information content (AvgIpc) is 3.39. The molecule has 170 valence electrons. The van der Waals surface area contributed by atoms with Crippen molar-refractivity contribution in [3.63, 3.8) is 0 Å². The second-order valence-electron chi connectivity index (χ2n) is 8.33. The van der Waals surface area contributed by atoms with Gasteiger partial charge in [0.2, 0.25) is 0 Å². The SMILES string of the molecule is CC(NC(=O)c1cc(NC(=O)NCc2ccccc2)ccc1N1CCCC1)c1ccccc1. The van der Waals surface area contributed by atoms with Crippen LogP contribution in [0.3, 0.4) is 0 Å². The Morgan fingerprint density at radius 2 is 1.58 bits per heavy atom. The molecule has 0 spiro atoms. The zero-order valence-corrected chi connectivity index (χ0v) is 18.9. The highest BCUT2D eigenvalue weighted by molar-refractivity contribution is 6.02. The molecular weight excluding hydrogens is 412 g/mol. The number of nitrogens with zero attached hydrogens (tertiary/aromatic N) is 1. The van der Waals surface area contributed by atoms with E-state index in [9.17, 15) is 9.59 Å². The average molecular weight is 443 g/mol. The van der Waals surface area contributed by atoms with E-state index in [-0.39, 0.29) is 18.0 Å². The summed E-state index contributed by atoms with van der Waals surface area (Å²) in [5, 5.41) is 8.83. The molecule has 33 heavy (non-hydrogen) atoms. The predicted octanol–water partition coefficient (Wildman–Crippen LogP) is 5.10. The van der Waals surface area contributed by atoms with Gasteiger partial charge >= 0.3 is 6.03 Å². The Labute approximate surface area is 195 Å². The third-order valence-corrected chi connectivity index (χ3v) is 5.89. The van der Waals surface area contributed by atoms with Crippen LogP contribution in [0.2, 0.25) is 0 Å². The zero-order valence-electron chi connectivity index (χ0n) is 18.9. The fourth-order valence-corrected chi connectivity index (χ4v) is 4.08. The first-order valence-corrected chi connectivity index (χ1v) is 11.4. The van der Waals surface area contributed by atoms with Crippen LogP contribution in [0.1, 0.15) is 47.3 Å². The molecule has 3 aromatic carbocycles. The number of anilines is 2. The minimum atomic E-state index is -0.309. The minimum Gasteiger partial charge on any atom is -0.371 e. The van der Waals surface area contributed by atoms with E-state index in [0.29, 0.717) is 17.8 Å². The van der Waals surface area contributed by atoms with Crippen molar-refractivity contribution in [3.05, 3.63) is 95.6 Å². The molecule has 0 saturated carbocycles. The van der Waals surface area contributed by atoms with Crippen LogP contribution in [-0.4, -0.2) is 25.0 Å². The largest absolute Gasteiger partial charge is 0.371 e. The number of hydrogen-bond acceptors (Lipinski definition) is 3. The number of nitrogens with one attached hydrogen (secondary N) is 3. The Morgan fingerprint density at radius 3 is 2.27 bits per heavy atom. The van der Waals surface area contributed by atoms with Crippen LogP contribution in [-0.2, 0) is 6.54 Å². The molecule has 0 bridgehead atoms. The molecular formula is C27H30N4O2. The van der Waals surface area contributed by atoms with Crippen molar-refractivity contribution in [2.45, 2.75) is 32.4 Å². The van der Waals surface area contributed by atoms with Crippen molar-refractivity contribution in [1.82, 2.24) is 10.6 Å². The molecule has 6 heteroatoms. The summed E-state index contributed by atoms with van der Waals surface area (Å²) < 4.78 is 0. The third kappa shape index (κ3) is 5.92. The summed E-state index contributed by atoms with van der Waals surface area (Å²) >= 11 is 0. The fourth-order valence-electron chi connectivity index (χ4n) is 4.08. The van der Waals surface area contributed by atoms with Gasteiger partial charge in [-0.3, -0.25) is 4.79 Å². The smallest absolute Gasteiger partial charge is 0.319 e. The van der Waals surface area contributed by atoms with Crippen molar-refractivity contribution in [3.8, 4) is 0 Å². The molecule has 3 amide bonds. The lowest BCUT2D eigenvalue weighted by molar-refractivity contribution is 0.0940. The van der Waals surface area contributed by atoms with E-state index in [1.54, 1.807) is 6.07 Å². The zero-order chi connectivity index (χ0) is 23.0. The molecule has 1 aliphatic rings. The Hall–Kier alpha value is -3.80. The van der Waals surface area contributed by atoms with E-state index in [1.165, 1.54) is 0 Å². The highest BCUT2D eigenvalue weighted by atomic mass is 16.2. The van der Waals surface area contributed by atoms with E-state index in [4.69, 9.17) is 0 Å². The summed E-state index contributed by atoms with van der Waals surface area (Å²) in [5.41, 5.74) is 4.12. The van der Waals surface area contributed by atoms with Crippen LogP contribution < -0.4 is 20.9 Å². The van der Waals surface area contributed by atoms with Crippen LogP contribution in [0.25, 0.3) is 0 Å². The second kappa shape index (κ2) is 10.7. The molecule has 3 aromatic rings. The van der Waals surface area contributed by atoms with Gasteiger partial charge in [0.15, 0.2) is 0 Å². The van der Waals surface area contributed by atoms with Gasteiger partial charge in [0.05, 0.1) is 11.6 Å². The summed E-state index contributed by atoms with van der Waals surface area (Å²) in [6.07, 6.45) is 2.23. The lowest BCUT2D eigenvalue weighted by Crippen LogP contribution is -2.30. The molecule has 0 radical (unpaired) electrons. The van der Waals surface area contributed by atoms with Crippen LogP contribution >= 0.6 is 0 Å². The van der Waals surface area contributed by atoms with Gasteiger partial charge in [-0.1, -0.05) is 60.7 Å². The van der Waals surface area contributed by atoms with Gasteiger partial charge in [0.1, 0.15) is 0 Å². The van der Waals surface area contributed by atoms with Gasteiger partial charge in [-0.15, -0.1) is 0 Å². The number of carbonyl (C=O) groups is 2. The van der Waals surface area contributed by atoms with Crippen LogP contribution in [0.5, 0.6) is 0 Å². The van der Waals surface area contributed by atoms with Gasteiger partial charge in [-0.25, -0.2) is 4.79 Å². The minimum absolute atomic E-state index is 0.129. The molecule has 1 heterocycles. The summed E-state index contributed by atoms with van der Waals surface area (Å²) in [4.78, 5) is 28.0. The van der Waals surface area contributed by atoms with Crippen molar-refractivity contribution in [2.75, 3.05) is 23.3 Å². The first kappa shape index (κ1) is 22.4. The molecule has 1 fully saturated rings. The number of rotatable bonds is 7. The molecule has 1 saturated heterocycles. The maximum atomic E-state index is 13.3.